The zero-order chi connectivity index (χ0) is 20.8. The van der Waals surface area contributed by atoms with Gasteiger partial charge in [0.25, 0.3) is 0 Å². The van der Waals surface area contributed by atoms with Gasteiger partial charge in [0.2, 0.25) is 0 Å². The van der Waals surface area contributed by atoms with Gasteiger partial charge in [0.1, 0.15) is 30.0 Å². The lowest BCUT2D eigenvalue weighted by atomic mass is 9.96. The van der Waals surface area contributed by atoms with Crippen molar-refractivity contribution in [3.63, 3.8) is 0 Å². The Kier molecular flexibility index (Phi) is 6.76. The molecular formula is C25H28O4. The van der Waals surface area contributed by atoms with E-state index in [4.69, 9.17) is 9.47 Å². The van der Waals surface area contributed by atoms with E-state index in [1.807, 2.05) is 24.3 Å². The molecule has 1 aliphatic rings. The molecule has 0 unspecified atom stereocenters. The van der Waals surface area contributed by atoms with E-state index in [2.05, 4.69) is 32.9 Å². The SMILES string of the molecule is CC(C)=CCCC(C)=CCOc1ccc([C@@H]2CC(=O)c3ccc(O)cc3O2)cc1. The van der Waals surface area contributed by atoms with Crippen LogP contribution in [-0.2, 0) is 0 Å². The van der Waals surface area contributed by atoms with Gasteiger partial charge in [0.15, 0.2) is 5.78 Å². The minimum Gasteiger partial charge on any atom is -0.508 e. The topological polar surface area (TPSA) is 55.8 Å². The number of benzene rings is 2. The van der Waals surface area contributed by atoms with Gasteiger partial charge in [-0.3, -0.25) is 4.79 Å². The Hall–Kier alpha value is -3.01. The number of phenolic OH excluding ortho intramolecular Hbond substituents is 1. The Balaban J connectivity index is 1.57. The van der Waals surface area contributed by atoms with Crippen LogP contribution in [0.2, 0.25) is 0 Å². The van der Waals surface area contributed by atoms with E-state index in [0.717, 1.165) is 24.2 Å². The van der Waals surface area contributed by atoms with Crippen LogP contribution in [0.3, 0.4) is 0 Å². The monoisotopic (exact) mass is 392 g/mol. The van der Waals surface area contributed by atoms with Crippen LogP contribution in [0.1, 0.15) is 62.1 Å². The van der Waals surface area contributed by atoms with Crippen LogP contribution in [0, 0.1) is 0 Å². The van der Waals surface area contributed by atoms with Gasteiger partial charge in [-0.15, -0.1) is 0 Å². The van der Waals surface area contributed by atoms with Gasteiger partial charge < -0.3 is 14.6 Å². The first-order chi connectivity index (χ1) is 13.9. The highest BCUT2D eigenvalue weighted by Gasteiger charge is 2.27. The van der Waals surface area contributed by atoms with E-state index < -0.39 is 0 Å². The highest BCUT2D eigenvalue weighted by Crippen LogP contribution is 2.37. The molecule has 0 amide bonds. The van der Waals surface area contributed by atoms with Crippen molar-refractivity contribution in [2.45, 2.75) is 46.1 Å². The van der Waals surface area contributed by atoms with Crippen molar-refractivity contribution in [2.75, 3.05) is 6.61 Å². The smallest absolute Gasteiger partial charge is 0.170 e. The zero-order valence-electron chi connectivity index (χ0n) is 17.3. The molecule has 4 nitrogen and oxygen atoms in total. The summed E-state index contributed by atoms with van der Waals surface area (Å²) in [4.78, 5) is 12.4. The molecule has 4 heteroatoms. The number of rotatable bonds is 7. The van der Waals surface area contributed by atoms with Crippen LogP contribution in [0.4, 0.5) is 0 Å². The second-order valence-corrected chi connectivity index (χ2v) is 7.66. The number of aromatic hydroxyl groups is 1. The second kappa shape index (κ2) is 9.46. The van der Waals surface area contributed by atoms with Gasteiger partial charge in [-0.2, -0.15) is 0 Å². The molecule has 1 heterocycles. The molecule has 2 aromatic carbocycles. The molecule has 0 aromatic heterocycles. The number of ketones is 1. The fourth-order valence-electron chi connectivity index (χ4n) is 3.25. The normalized spacial score (nSPS) is 16.0. The van der Waals surface area contributed by atoms with Gasteiger partial charge in [0.05, 0.1) is 12.0 Å². The molecule has 0 saturated carbocycles. The molecular weight excluding hydrogens is 364 g/mol. The summed E-state index contributed by atoms with van der Waals surface area (Å²) < 4.78 is 11.7. The molecule has 0 saturated heterocycles. The fraction of sp³-hybridized carbons (Fsp3) is 0.320. The molecule has 0 radical (unpaired) electrons. The number of hydrogen-bond donors (Lipinski definition) is 1. The first kappa shape index (κ1) is 20.7. The highest BCUT2D eigenvalue weighted by molar-refractivity contribution is 6.00. The molecule has 152 valence electrons. The van der Waals surface area contributed by atoms with Crippen molar-refractivity contribution in [3.05, 3.63) is 76.9 Å². The second-order valence-electron chi connectivity index (χ2n) is 7.66. The number of carbonyl (C=O) groups excluding carboxylic acids is 1. The van der Waals surface area contributed by atoms with Gasteiger partial charge >= 0.3 is 0 Å². The Labute approximate surface area is 172 Å². The molecule has 1 N–H and O–H groups in total. The summed E-state index contributed by atoms with van der Waals surface area (Å²) >= 11 is 0. The number of carbonyl (C=O) groups is 1. The highest BCUT2D eigenvalue weighted by atomic mass is 16.5. The van der Waals surface area contributed by atoms with E-state index in [9.17, 15) is 9.90 Å². The summed E-state index contributed by atoms with van der Waals surface area (Å²) in [6.07, 6.45) is 6.38. The summed E-state index contributed by atoms with van der Waals surface area (Å²) in [5, 5.41) is 9.65. The summed E-state index contributed by atoms with van der Waals surface area (Å²) in [7, 11) is 0. The summed E-state index contributed by atoms with van der Waals surface area (Å²) in [6, 6.07) is 12.2. The first-order valence-electron chi connectivity index (χ1n) is 9.97. The fourth-order valence-corrected chi connectivity index (χ4v) is 3.25. The third kappa shape index (κ3) is 5.74. The lowest BCUT2D eigenvalue weighted by Crippen LogP contribution is -2.20. The average molecular weight is 392 g/mol. The van der Waals surface area contributed by atoms with Gasteiger partial charge in [0, 0.05) is 6.07 Å². The van der Waals surface area contributed by atoms with E-state index in [0.29, 0.717) is 17.9 Å². The molecule has 0 bridgehead atoms. The standard InChI is InChI=1S/C25H28O4/c1-17(2)5-4-6-18(3)13-14-28-21-10-7-19(8-11-21)24-16-23(27)22-12-9-20(26)15-25(22)29-24/h5,7-13,15,24,26H,4,6,14,16H2,1-3H3/t24-/m0/s1. The first-order valence-corrected chi connectivity index (χ1v) is 9.97. The van der Waals surface area contributed by atoms with Crippen LogP contribution in [0.25, 0.3) is 0 Å². The van der Waals surface area contributed by atoms with E-state index in [1.165, 1.54) is 23.3 Å². The third-order valence-electron chi connectivity index (χ3n) is 4.93. The largest absolute Gasteiger partial charge is 0.508 e. The molecule has 3 rings (SSSR count). The van der Waals surface area contributed by atoms with Crippen molar-refractivity contribution < 1.29 is 19.4 Å². The Morgan fingerprint density at radius 1 is 1.14 bits per heavy atom. The number of ether oxygens (including phenoxy) is 2. The number of allylic oxidation sites excluding steroid dienone is 3. The Bertz CT molecular complexity index is 918. The average Bonchev–Trinajstić information content (AvgIpc) is 2.68. The summed E-state index contributed by atoms with van der Waals surface area (Å²) in [6.45, 7) is 6.88. The van der Waals surface area contributed by atoms with E-state index in [-0.39, 0.29) is 24.1 Å². The maximum atomic E-state index is 12.4. The Morgan fingerprint density at radius 2 is 1.90 bits per heavy atom. The van der Waals surface area contributed by atoms with Gasteiger partial charge in [-0.25, -0.2) is 0 Å². The summed E-state index contributed by atoms with van der Waals surface area (Å²) in [5.74, 6) is 1.32. The van der Waals surface area contributed by atoms with Crippen molar-refractivity contribution >= 4 is 5.78 Å². The van der Waals surface area contributed by atoms with E-state index >= 15 is 0 Å². The van der Waals surface area contributed by atoms with Crippen LogP contribution < -0.4 is 9.47 Å². The number of Topliss-reactive ketones (excluding diaryl/α,β-unsaturated/α-hetero) is 1. The lowest BCUT2D eigenvalue weighted by molar-refractivity contribution is 0.0849. The van der Waals surface area contributed by atoms with Gasteiger partial charge in [-0.05, 0) is 69.5 Å². The van der Waals surface area contributed by atoms with Crippen LogP contribution in [0.5, 0.6) is 17.2 Å². The molecule has 1 atom stereocenters. The molecule has 0 fully saturated rings. The van der Waals surface area contributed by atoms with Crippen molar-refractivity contribution in [3.8, 4) is 17.2 Å². The number of fused-ring (bicyclic) bond motifs is 1. The van der Waals surface area contributed by atoms with Gasteiger partial charge in [-0.1, -0.05) is 29.4 Å². The predicted octanol–water partition coefficient (Wildman–Crippen LogP) is 6.17. The molecule has 1 aliphatic heterocycles. The van der Waals surface area contributed by atoms with E-state index in [1.54, 1.807) is 6.07 Å². The molecule has 29 heavy (non-hydrogen) atoms. The molecule has 0 aliphatic carbocycles. The summed E-state index contributed by atoms with van der Waals surface area (Å²) in [5.41, 5.74) is 4.09. The van der Waals surface area contributed by atoms with Crippen LogP contribution in [0.15, 0.2) is 65.8 Å². The molecule has 0 spiro atoms. The lowest BCUT2D eigenvalue weighted by Gasteiger charge is -2.25. The number of phenols is 1. The molecule has 2 aromatic rings. The van der Waals surface area contributed by atoms with Crippen LogP contribution >= 0.6 is 0 Å². The van der Waals surface area contributed by atoms with Crippen LogP contribution in [-0.4, -0.2) is 17.5 Å². The number of hydrogen-bond acceptors (Lipinski definition) is 4. The maximum absolute atomic E-state index is 12.4. The van der Waals surface area contributed by atoms with Crippen molar-refractivity contribution in [1.82, 2.24) is 0 Å². The minimum atomic E-state index is -0.358. The van der Waals surface area contributed by atoms with Crippen molar-refractivity contribution in [1.29, 1.82) is 0 Å². The maximum Gasteiger partial charge on any atom is 0.170 e. The quantitative estimate of drug-likeness (QED) is 0.573. The van der Waals surface area contributed by atoms with Crippen molar-refractivity contribution in [2.24, 2.45) is 0 Å². The zero-order valence-corrected chi connectivity index (χ0v) is 17.3. The third-order valence-corrected chi connectivity index (χ3v) is 4.93. The minimum absolute atomic E-state index is 0.0188. The Morgan fingerprint density at radius 3 is 2.62 bits per heavy atom. The predicted molar refractivity (Wildman–Crippen MR) is 115 cm³/mol.